The molecule has 0 spiro atoms. The summed E-state index contributed by atoms with van der Waals surface area (Å²) < 4.78 is 0.825. The SMILES string of the molecule is C[N+](C)(C)c1ccc(N(CCCl)CCCl)cc1. The standard InChI is InChI=1S/C13H21Cl2N2/c1-17(2,3)13-6-4-12(5-7-13)16(10-8-14)11-9-15/h4-7H,8-11H2,1-3H3/q+1. The first-order chi connectivity index (χ1) is 7.99. The molecule has 4 heteroatoms. The highest BCUT2D eigenvalue weighted by atomic mass is 35.5. The zero-order valence-electron chi connectivity index (χ0n) is 10.8. The molecule has 1 aromatic rings. The Balaban J connectivity index is 2.84. The van der Waals surface area contributed by atoms with Gasteiger partial charge in [-0.05, 0) is 12.1 Å². The molecule has 96 valence electrons. The van der Waals surface area contributed by atoms with E-state index in [1.54, 1.807) is 0 Å². The smallest absolute Gasteiger partial charge is 0.132 e. The number of hydrogen-bond donors (Lipinski definition) is 0. The maximum atomic E-state index is 5.80. The second-order valence-corrected chi connectivity index (χ2v) is 5.65. The number of quaternary nitrogens is 1. The van der Waals surface area contributed by atoms with Crippen LogP contribution in [-0.4, -0.2) is 46.0 Å². The molecule has 0 saturated heterocycles. The highest BCUT2D eigenvalue weighted by Gasteiger charge is 2.12. The van der Waals surface area contributed by atoms with Crippen LogP contribution in [0.2, 0.25) is 0 Å². The summed E-state index contributed by atoms with van der Waals surface area (Å²) in [6.07, 6.45) is 0. The topological polar surface area (TPSA) is 3.24 Å². The van der Waals surface area contributed by atoms with E-state index in [1.165, 1.54) is 11.4 Å². The fourth-order valence-corrected chi connectivity index (χ4v) is 2.09. The van der Waals surface area contributed by atoms with E-state index in [-0.39, 0.29) is 0 Å². The van der Waals surface area contributed by atoms with Gasteiger partial charge in [-0.2, -0.15) is 0 Å². The third-order valence-corrected chi connectivity index (χ3v) is 3.04. The van der Waals surface area contributed by atoms with Gasteiger partial charge in [0.2, 0.25) is 0 Å². The predicted molar refractivity (Wildman–Crippen MR) is 79.7 cm³/mol. The Labute approximate surface area is 114 Å². The van der Waals surface area contributed by atoms with E-state index in [4.69, 9.17) is 23.2 Å². The third-order valence-electron chi connectivity index (χ3n) is 2.70. The summed E-state index contributed by atoms with van der Waals surface area (Å²) >= 11 is 11.6. The second-order valence-electron chi connectivity index (χ2n) is 4.89. The first-order valence-corrected chi connectivity index (χ1v) is 6.85. The lowest BCUT2D eigenvalue weighted by molar-refractivity contribution is 0.486. The molecule has 0 N–H and O–H groups in total. The number of nitrogens with zero attached hydrogens (tertiary/aromatic N) is 2. The van der Waals surface area contributed by atoms with Crippen LogP contribution in [-0.2, 0) is 0 Å². The Kier molecular flexibility index (Phi) is 5.57. The molecule has 0 aliphatic heterocycles. The van der Waals surface area contributed by atoms with Gasteiger partial charge in [0.1, 0.15) is 5.69 Å². The van der Waals surface area contributed by atoms with E-state index >= 15 is 0 Å². The Hall–Kier alpha value is -0.440. The lowest BCUT2D eigenvalue weighted by atomic mass is 10.2. The Morgan fingerprint density at radius 3 is 1.76 bits per heavy atom. The fraction of sp³-hybridized carbons (Fsp3) is 0.538. The summed E-state index contributed by atoms with van der Waals surface area (Å²) in [5.41, 5.74) is 2.47. The van der Waals surface area contributed by atoms with E-state index in [9.17, 15) is 0 Å². The average molecular weight is 276 g/mol. The Morgan fingerprint density at radius 2 is 1.41 bits per heavy atom. The highest BCUT2D eigenvalue weighted by molar-refractivity contribution is 6.18. The highest BCUT2D eigenvalue weighted by Crippen LogP contribution is 2.22. The summed E-state index contributed by atoms with van der Waals surface area (Å²) in [4.78, 5) is 2.21. The van der Waals surface area contributed by atoms with Crippen molar-refractivity contribution in [3.05, 3.63) is 24.3 Å². The Morgan fingerprint density at radius 1 is 0.941 bits per heavy atom. The van der Waals surface area contributed by atoms with E-state index in [0.29, 0.717) is 11.8 Å². The first-order valence-electron chi connectivity index (χ1n) is 5.78. The van der Waals surface area contributed by atoms with Crippen LogP contribution in [0.5, 0.6) is 0 Å². The van der Waals surface area contributed by atoms with Crippen molar-refractivity contribution in [1.82, 2.24) is 4.48 Å². The van der Waals surface area contributed by atoms with Crippen LogP contribution in [0.4, 0.5) is 11.4 Å². The lowest BCUT2D eigenvalue weighted by Crippen LogP contribution is -2.34. The molecule has 0 bridgehead atoms. The zero-order chi connectivity index (χ0) is 12.9. The van der Waals surface area contributed by atoms with E-state index in [0.717, 1.165) is 17.6 Å². The zero-order valence-corrected chi connectivity index (χ0v) is 12.3. The second kappa shape index (κ2) is 6.48. The molecule has 0 aromatic heterocycles. The van der Waals surface area contributed by atoms with Gasteiger partial charge in [0.15, 0.2) is 0 Å². The van der Waals surface area contributed by atoms with Gasteiger partial charge in [0.25, 0.3) is 0 Å². The summed E-state index contributed by atoms with van der Waals surface area (Å²) in [6, 6.07) is 8.59. The number of hydrogen-bond acceptors (Lipinski definition) is 1. The molecule has 0 fully saturated rings. The van der Waals surface area contributed by atoms with Gasteiger partial charge in [0, 0.05) is 42.7 Å². The summed E-state index contributed by atoms with van der Waals surface area (Å²) in [5.74, 6) is 1.24. The molecule has 0 heterocycles. The van der Waals surface area contributed by atoms with Crippen molar-refractivity contribution in [3.8, 4) is 0 Å². The van der Waals surface area contributed by atoms with Gasteiger partial charge in [-0.3, -0.25) is 4.48 Å². The van der Waals surface area contributed by atoms with Gasteiger partial charge < -0.3 is 4.90 Å². The van der Waals surface area contributed by atoms with Crippen LogP contribution >= 0.6 is 23.2 Å². The number of anilines is 1. The van der Waals surface area contributed by atoms with E-state index in [2.05, 4.69) is 50.3 Å². The minimum atomic E-state index is 0.619. The maximum absolute atomic E-state index is 5.80. The monoisotopic (exact) mass is 275 g/mol. The summed E-state index contributed by atoms with van der Waals surface area (Å²) in [7, 11) is 6.47. The van der Waals surface area contributed by atoms with Crippen LogP contribution in [0.1, 0.15) is 0 Å². The molecule has 0 aliphatic carbocycles. The van der Waals surface area contributed by atoms with Gasteiger partial charge in [0.05, 0.1) is 21.1 Å². The van der Waals surface area contributed by atoms with Crippen LogP contribution in [0, 0.1) is 0 Å². The normalized spacial score (nSPS) is 11.6. The quantitative estimate of drug-likeness (QED) is 0.570. The summed E-state index contributed by atoms with van der Waals surface area (Å²) in [6.45, 7) is 1.66. The molecule has 0 saturated carbocycles. The predicted octanol–water partition coefficient (Wildman–Crippen LogP) is 3.17. The van der Waals surface area contributed by atoms with E-state index < -0.39 is 0 Å². The molecule has 0 unspecified atom stereocenters. The summed E-state index contributed by atoms with van der Waals surface area (Å²) in [5, 5.41) is 0. The minimum absolute atomic E-state index is 0.619. The van der Waals surface area contributed by atoms with Crippen LogP contribution in [0.25, 0.3) is 0 Å². The molecular weight excluding hydrogens is 255 g/mol. The van der Waals surface area contributed by atoms with Crippen molar-refractivity contribution in [2.24, 2.45) is 0 Å². The van der Waals surface area contributed by atoms with Crippen molar-refractivity contribution < 1.29 is 0 Å². The molecule has 0 aliphatic rings. The van der Waals surface area contributed by atoms with Crippen molar-refractivity contribution in [2.45, 2.75) is 0 Å². The number of rotatable bonds is 6. The van der Waals surface area contributed by atoms with Crippen LogP contribution in [0.15, 0.2) is 24.3 Å². The maximum Gasteiger partial charge on any atom is 0.132 e. The number of halogens is 2. The third kappa shape index (κ3) is 4.38. The number of benzene rings is 1. The molecular formula is C13H21Cl2N2+. The van der Waals surface area contributed by atoms with Crippen molar-refractivity contribution >= 4 is 34.6 Å². The van der Waals surface area contributed by atoms with Crippen molar-refractivity contribution in [2.75, 3.05) is 50.9 Å². The molecule has 2 nitrogen and oxygen atoms in total. The van der Waals surface area contributed by atoms with Gasteiger partial charge >= 0.3 is 0 Å². The van der Waals surface area contributed by atoms with Crippen molar-refractivity contribution in [1.29, 1.82) is 0 Å². The average Bonchev–Trinajstić information content (AvgIpc) is 2.28. The first kappa shape index (κ1) is 14.6. The van der Waals surface area contributed by atoms with Crippen LogP contribution < -0.4 is 9.38 Å². The number of alkyl halides is 2. The lowest BCUT2D eigenvalue weighted by Gasteiger charge is -2.26. The molecule has 0 amide bonds. The van der Waals surface area contributed by atoms with Crippen LogP contribution in [0.3, 0.4) is 0 Å². The molecule has 17 heavy (non-hydrogen) atoms. The largest absolute Gasteiger partial charge is 0.369 e. The molecule has 0 radical (unpaired) electrons. The van der Waals surface area contributed by atoms with Gasteiger partial charge in [-0.15, -0.1) is 23.2 Å². The molecule has 0 atom stereocenters. The molecule has 1 rings (SSSR count). The van der Waals surface area contributed by atoms with Gasteiger partial charge in [-0.1, -0.05) is 0 Å². The Bertz CT molecular complexity index is 324. The molecule has 1 aromatic carbocycles. The van der Waals surface area contributed by atoms with Crippen molar-refractivity contribution in [3.63, 3.8) is 0 Å². The van der Waals surface area contributed by atoms with Gasteiger partial charge in [-0.25, -0.2) is 0 Å². The fourth-order valence-electron chi connectivity index (χ4n) is 1.68. The van der Waals surface area contributed by atoms with E-state index in [1.807, 2.05) is 0 Å². The minimum Gasteiger partial charge on any atom is -0.369 e.